The Morgan fingerprint density at radius 3 is 2.77 bits per heavy atom. The zero-order valence-corrected chi connectivity index (χ0v) is 13.1. The Morgan fingerprint density at radius 2 is 2.14 bits per heavy atom. The van der Waals surface area contributed by atoms with Crippen LogP contribution < -0.4 is 5.73 Å². The molecule has 0 saturated carbocycles. The summed E-state index contributed by atoms with van der Waals surface area (Å²) in [6.45, 7) is 1.24. The van der Waals surface area contributed by atoms with Gasteiger partial charge in [-0.3, -0.25) is 0 Å². The van der Waals surface area contributed by atoms with Gasteiger partial charge in [-0.1, -0.05) is 30.3 Å². The van der Waals surface area contributed by atoms with Crippen molar-refractivity contribution in [3.8, 4) is 6.07 Å². The monoisotopic (exact) mass is 302 g/mol. The number of benzene rings is 1. The molecule has 2 rings (SSSR count). The van der Waals surface area contributed by atoms with Gasteiger partial charge in [0.25, 0.3) is 0 Å². The summed E-state index contributed by atoms with van der Waals surface area (Å²) in [6.07, 6.45) is 5.26. The predicted octanol–water partition coefficient (Wildman–Crippen LogP) is 3.02. The molecule has 0 amide bonds. The van der Waals surface area contributed by atoms with Crippen LogP contribution in [0.3, 0.4) is 0 Å². The van der Waals surface area contributed by atoms with Crippen molar-refractivity contribution in [3.63, 3.8) is 0 Å². The van der Waals surface area contributed by atoms with E-state index in [0.717, 1.165) is 38.7 Å². The second-order valence-corrected chi connectivity index (χ2v) is 5.85. The predicted molar refractivity (Wildman–Crippen MR) is 86.0 cm³/mol. The second-order valence-electron chi connectivity index (χ2n) is 5.85. The molecule has 1 aromatic carbocycles. The van der Waals surface area contributed by atoms with Crippen molar-refractivity contribution in [1.29, 1.82) is 5.26 Å². The van der Waals surface area contributed by atoms with Crippen LogP contribution in [0.25, 0.3) is 0 Å². The molecule has 1 unspecified atom stereocenters. The fraction of sp³-hybridized carbons (Fsp3) is 0.611. The third-order valence-corrected chi connectivity index (χ3v) is 4.21. The van der Waals surface area contributed by atoms with E-state index in [1.54, 1.807) is 0 Å². The Balaban J connectivity index is 1.95. The van der Waals surface area contributed by atoms with Crippen LogP contribution in [0.15, 0.2) is 30.3 Å². The number of nitrogens with zero attached hydrogens (tertiary/aromatic N) is 1. The minimum Gasteiger partial charge on any atom is -0.353 e. The van der Waals surface area contributed by atoms with Crippen molar-refractivity contribution in [1.82, 2.24) is 0 Å². The van der Waals surface area contributed by atoms with Crippen molar-refractivity contribution in [2.45, 2.75) is 50.9 Å². The number of hydrogen-bond donors (Lipinski definition) is 1. The van der Waals surface area contributed by atoms with Gasteiger partial charge in [0.15, 0.2) is 6.29 Å². The molecule has 2 N–H and O–H groups in total. The lowest BCUT2D eigenvalue weighted by molar-refractivity contribution is -0.198. The van der Waals surface area contributed by atoms with E-state index in [0.29, 0.717) is 13.0 Å². The van der Waals surface area contributed by atoms with Crippen LogP contribution in [0, 0.1) is 17.2 Å². The molecule has 1 saturated heterocycles. The molecule has 0 spiro atoms. The topological polar surface area (TPSA) is 68.3 Å². The summed E-state index contributed by atoms with van der Waals surface area (Å²) < 4.78 is 11.9. The van der Waals surface area contributed by atoms with E-state index in [-0.39, 0.29) is 18.3 Å². The van der Waals surface area contributed by atoms with Gasteiger partial charge >= 0.3 is 0 Å². The van der Waals surface area contributed by atoms with Crippen LogP contribution in [0.1, 0.15) is 37.7 Å². The second kappa shape index (κ2) is 9.58. The number of ether oxygens (including phenoxy) is 2. The van der Waals surface area contributed by atoms with E-state index >= 15 is 0 Å². The van der Waals surface area contributed by atoms with Crippen molar-refractivity contribution in [2.75, 3.05) is 13.2 Å². The number of hydrogen-bond acceptors (Lipinski definition) is 4. The molecule has 22 heavy (non-hydrogen) atoms. The van der Waals surface area contributed by atoms with Gasteiger partial charge in [0.05, 0.1) is 12.2 Å². The molecule has 3 atom stereocenters. The summed E-state index contributed by atoms with van der Waals surface area (Å²) in [7, 11) is 0. The quantitative estimate of drug-likeness (QED) is 0.801. The molecule has 0 aromatic heterocycles. The van der Waals surface area contributed by atoms with Crippen LogP contribution in [0.2, 0.25) is 0 Å². The van der Waals surface area contributed by atoms with Crippen LogP contribution in [0.4, 0.5) is 0 Å². The van der Waals surface area contributed by atoms with Gasteiger partial charge in [0, 0.05) is 18.9 Å². The number of aryl methyl sites for hydroxylation is 1. The summed E-state index contributed by atoms with van der Waals surface area (Å²) in [5, 5.41) is 9.02. The van der Waals surface area contributed by atoms with Gasteiger partial charge in [-0.2, -0.15) is 5.26 Å². The number of rotatable bonds is 8. The largest absolute Gasteiger partial charge is 0.353 e. The Morgan fingerprint density at radius 1 is 1.32 bits per heavy atom. The van der Waals surface area contributed by atoms with E-state index in [2.05, 4.69) is 18.2 Å². The Hall–Kier alpha value is -1.41. The van der Waals surface area contributed by atoms with E-state index < -0.39 is 0 Å². The van der Waals surface area contributed by atoms with Gasteiger partial charge in [-0.25, -0.2) is 0 Å². The Labute approximate surface area is 133 Å². The Bertz CT molecular complexity index is 452. The van der Waals surface area contributed by atoms with Gasteiger partial charge in [0.2, 0.25) is 0 Å². The highest BCUT2D eigenvalue weighted by Crippen LogP contribution is 2.23. The van der Waals surface area contributed by atoms with Crippen molar-refractivity contribution in [3.05, 3.63) is 35.9 Å². The lowest BCUT2D eigenvalue weighted by Gasteiger charge is -2.31. The van der Waals surface area contributed by atoms with Crippen LogP contribution in [-0.4, -0.2) is 25.5 Å². The van der Waals surface area contributed by atoms with Crippen molar-refractivity contribution >= 4 is 0 Å². The third kappa shape index (κ3) is 5.42. The Kier molecular flexibility index (Phi) is 7.38. The van der Waals surface area contributed by atoms with E-state index in [9.17, 15) is 0 Å². The van der Waals surface area contributed by atoms with Gasteiger partial charge in [-0.15, -0.1) is 0 Å². The molecular formula is C18H26N2O2. The fourth-order valence-corrected chi connectivity index (χ4v) is 2.87. The number of nitriles is 1. The van der Waals surface area contributed by atoms with E-state index in [1.807, 2.05) is 18.2 Å². The third-order valence-electron chi connectivity index (χ3n) is 4.21. The normalized spacial score (nSPS) is 21.0. The highest BCUT2D eigenvalue weighted by molar-refractivity contribution is 5.14. The minimum absolute atomic E-state index is 0.0204. The standard InChI is InChI=1S/C18H26N2O2/c19-12-11-16(14-20)17(22-18-8-4-5-13-21-18)10-9-15-6-2-1-3-7-15/h1-3,6-7,16-18H,4-5,8-11,13-14,20H2/t16-,17+,18?/m1/s1. The first-order chi connectivity index (χ1) is 10.8. The van der Waals surface area contributed by atoms with Crippen molar-refractivity contribution < 1.29 is 9.47 Å². The van der Waals surface area contributed by atoms with Crippen molar-refractivity contribution in [2.24, 2.45) is 11.7 Å². The zero-order chi connectivity index (χ0) is 15.6. The maximum Gasteiger partial charge on any atom is 0.157 e. The smallest absolute Gasteiger partial charge is 0.157 e. The van der Waals surface area contributed by atoms with E-state index in [4.69, 9.17) is 20.5 Å². The van der Waals surface area contributed by atoms with Gasteiger partial charge in [0.1, 0.15) is 0 Å². The number of nitrogens with two attached hydrogens (primary N) is 1. The maximum absolute atomic E-state index is 9.02. The highest BCUT2D eigenvalue weighted by Gasteiger charge is 2.26. The summed E-state index contributed by atoms with van der Waals surface area (Å²) in [4.78, 5) is 0. The highest BCUT2D eigenvalue weighted by atomic mass is 16.7. The average molecular weight is 302 g/mol. The molecule has 4 heteroatoms. The molecule has 1 aliphatic heterocycles. The molecule has 4 nitrogen and oxygen atoms in total. The zero-order valence-electron chi connectivity index (χ0n) is 13.1. The summed E-state index contributed by atoms with van der Waals surface area (Å²) in [5.74, 6) is 0.0687. The van der Waals surface area contributed by atoms with Crippen LogP contribution in [-0.2, 0) is 15.9 Å². The molecular weight excluding hydrogens is 276 g/mol. The molecule has 1 aromatic rings. The lowest BCUT2D eigenvalue weighted by atomic mass is 9.93. The molecule has 1 fully saturated rings. The summed E-state index contributed by atoms with van der Waals surface area (Å²) in [6, 6.07) is 12.6. The first-order valence-electron chi connectivity index (χ1n) is 8.21. The summed E-state index contributed by atoms with van der Waals surface area (Å²) >= 11 is 0. The molecule has 0 aliphatic carbocycles. The van der Waals surface area contributed by atoms with Gasteiger partial charge < -0.3 is 15.2 Å². The SMILES string of the molecule is N#CC[C@H](CN)[C@H](CCc1ccccc1)OC1CCCCO1. The summed E-state index contributed by atoms with van der Waals surface area (Å²) in [5.41, 5.74) is 7.15. The first kappa shape index (κ1) is 17.0. The molecule has 1 heterocycles. The first-order valence-corrected chi connectivity index (χ1v) is 8.21. The minimum atomic E-state index is -0.137. The van der Waals surface area contributed by atoms with Crippen LogP contribution >= 0.6 is 0 Å². The fourth-order valence-electron chi connectivity index (χ4n) is 2.87. The maximum atomic E-state index is 9.02. The van der Waals surface area contributed by atoms with E-state index in [1.165, 1.54) is 5.56 Å². The average Bonchev–Trinajstić information content (AvgIpc) is 2.58. The van der Waals surface area contributed by atoms with Crippen LogP contribution in [0.5, 0.6) is 0 Å². The molecule has 0 radical (unpaired) electrons. The van der Waals surface area contributed by atoms with Gasteiger partial charge in [-0.05, 0) is 44.2 Å². The molecule has 1 aliphatic rings. The molecule has 120 valence electrons. The molecule has 0 bridgehead atoms. The lowest BCUT2D eigenvalue weighted by Crippen LogP contribution is -2.36.